The number of H-pyrrole nitrogens is 1. The molecule has 24 heavy (non-hydrogen) atoms. The Morgan fingerprint density at radius 2 is 2.04 bits per heavy atom. The number of nitrogens with one attached hydrogen (secondary N) is 1. The molecule has 1 amide bonds. The van der Waals surface area contributed by atoms with Gasteiger partial charge in [-0.3, -0.25) is 14.7 Å². The van der Waals surface area contributed by atoms with Crippen LogP contribution in [0, 0.1) is 6.92 Å². The van der Waals surface area contributed by atoms with Gasteiger partial charge in [0, 0.05) is 43.3 Å². The number of anilines is 1. The fourth-order valence-electron chi connectivity index (χ4n) is 2.81. The minimum absolute atomic E-state index is 0.0639. The van der Waals surface area contributed by atoms with Crippen molar-refractivity contribution in [1.29, 1.82) is 0 Å². The number of fused-ring (bicyclic) bond motifs is 1. The molecule has 1 aliphatic heterocycles. The van der Waals surface area contributed by atoms with Crippen LogP contribution >= 0.6 is 11.3 Å². The number of amides is 1. The molecule has 0 unspecified atom stereocenters. The fraction of sp³-hybridized carbons (Fsp3) is 0.333. The summed E-state index contributed by atoms with van der Waals surface area (Å²) < 4.78 is 1.34. The van der Waals surface area contributed by atoms with Crippen molar-refractivity contribution in [2.24, 2.45) is 0 Å². The first kappa shape index (κ1) is 14.9. The van der Waals surface area contributed by atoms with Crippen molar-refractivity contribution in [2.45, 2.75) is 6.92 Å². The van der Waals surface area contributed by atoms with E-state index in [1.54, 1.807) is 6.92 Å². The zero-order valence-corrected chi connectivity index (χ0v) is 13.9. The third kappa shape index (κ3) is 2.56. The molecule has 1 N–H and O–H groups in total. The number of aromatic amines is 1. The van der Waals surface area contributed by atoms with Crippen LogP contribution < -0.4 is 10.5 Å². The van der Waals surface area contributed by atoms with Gasteiger partial charge >= 0.3 is 0 Å². The fourth-order valence-corrected chi connectivity index (χ4v) is 3.44. The summed E-state index contributed by atoms with van der Waals surface area (Å²) in [7, 11) is 0. The number of carbonyl (C=O) groups is 1. The highest BCUT2D eigenvalue weighted by Gasteiger charge is 2.24. The van der Waals surface area contributed by atoms with Crippen LogP contribution in [0.15, 0.2) is 27.7 Å². The van der Waals surface area contributed by atoms with Crippen LogP contribution in [0.2, 0.25) is 0 Å². The smallest absolute Gasteiger partial charge is 0.274 e. The average molecular weight is 344 g/mol. The molecule has 3 aromatic rings. The monoisotopic (exact) mass is 344 g/mol. The molecule has 0 spiro atoms. The summed E-state index contributed by atoms with van der Waals surface area (Å²) in [5.74, 6) is 1.04. The second kappa shape index (κ2) is 5.75. The molecule has 0 atom stereocenters. The van der Waals surface area contributed by atoms with E-state index < -0.39 is 0 Å². The van der Waals surface area contributed by atoms with E-state index in [1.807, 2.05) is 26.6 Å². The molecule has 0 bridgehead atoms. The molecule has 3 aromatic heterocycles. The van der Waals surface area contributed by atoms with E-state index >= 15 is 0 Å². The number of hydrogen-bond acceptors (Lipinski definition) is 6. The number of piperazine rings is 1. The Balaban J connectivity index is 1.51. The maximum Gasteiger partial charge on any atom is 0.274 e. The quantitative estimate of drug-likeness (QED) is 0.741. The molecule has 0 aromatic carbocycles. The van der Waals surface area contributed by atoms with Crippen LogP contribution in [0.1, 0.15) is 16.1 Å². The van der Waals surface area contributed by atoms with E-state index in [9.17, 15) is 9.59 Å². The molecule has 0 saturated carbocycles. The number of hydrogen-bond donors (Lipinski definition) is 1. The zero-order valence-electron chi connectivity index (χ0n) is 13.1. The lowest BCUT2D eigenvalue weighted by Gasteiger charge is -2.34. The van der Waals surface area contributed by atoms with E-state index in [2.05, 4.69) is 15.1 Å². The first-order valence-electron chi connectivity index (χ1n) is 7.65. The first-order chi connectivity index (χ1) is 11.6. The van der Waals surface area contributed by atoms with Crippen LogP contribution in [0.4, 0.5) is 5.95 Å². The molecule has 4 rings (SSSR count). The number of nitrogens with zero attached hydrogens (tertiary/aromatic N) is 5. The molecular formula is C15H16N6O2S. The van der Waals surface area contributed by atoms with Gasteiger partial charge in [0.25, 0.3) is 17.2 Å². The molecule has 8 nitrogen and oxygen atoms in total. The molecular weight excluding hydrogens is 328 g/mol. The van der Waals surface area contributed by atoms with Crippen molar-refractivity contribution < 1.29 is 4.79 Å². The molecule has 0 aliphatic carbocycles. The van der Waals surface area contributed by atoms with Gasteiger partial charge in [0.2, 0.25) is 5.95 Å². The van der Waals surface area contributed by atoms with Gasteiger partial charge in [-0.15, -0.1) is 0 Å². The third-order valence-electron chi connectivity index (χ3n) is 4.08. The highest BCUT2D eigenvalue weighted by Crippen LogP contribution is 2.15. The Bertz CT molecular complexity index is 937. The summed E-state index contributed by atoms with van der Waals surface area (Å²) in [6, 6.07) is 3.31. The van der Waals surface area contributed by atoms with Crippen LogP contribution in [0.25, 0.3) is 5.78 Å². The van der Waals surface area contributed by atoms with E-state index in [0.717, 1.165) is 5.56 Å². The summed E-state index contributed by atoms with van der Waals surface area (Å²) >= 11 is 1.52. The largest absolute Gasteiger partial charge is 0.338 e. The molecule has 0 radical (unpaired) electrons. The normalized spacial score (nSPS) is 15.2. The Morgan fingerprint density at radius 1 is 1.25 bits per heavy atom. The average Bonchev–Trinajstić information content (AvgIpc) is 3.24. The zero-order chi connectivity index (χ0) is 16.7. The lowest BCUT2D eigenvalue weighted by molar-refractivity contribution is 0.0747. The predicted octanol–water partition coefficient (Wildman–Crippen LogP) is 0.750. The van der Waals surface area contributed by atoms with Gasteiger partial charge in [-0.2, -0.15) is 20.8 Å². The van der Waals surface area contributed by atoms with Gasteiger partial charge in [-0.05, 0) is 18.4 Å². The second-order valence-electron chi connectivity index (χ2n) is 5.71. The molecule has 1 saturated heterocycles. The van der Waals surface area contributed by atoms with Crippen LogP contribution in [0.3, 0.4) is 0 Å². The predicted molar refractivity (Wildman–Crippen MR) is 90.8 cm³/mol. The highest BCUT2D eigenvalue weighted by molar-refractivity contribution is 7.08. The van der Waals surface area contributed by atoms with Crippen molar-refractivity contribution in [3.8, 4) is 0 Å². The van der Waals surface area contributed by atoms with E-state index in [1.165, 1.54) is 21.9 Å². The number of thiophene rings is 1. The van der Waals surface area contributed by atoms with Gasteiger partial charge in [-0.25, -0.2) is 4.98 Å². The Hall–Kier alpha value is -2.68. The van der Waals surface area contributed by atoms with Crippen LogP contribution in [-0.4, -0.2) is 56.6 Å². The van der Waals surface area contributed by atoms with Crippen molar-refractivity contribution in [3.63, 3.8) is 0 Å². The number of carbonyl (C=O) groups excluding carboxylic acids is 1. The lowest BCUT2D eigenvalue weighted by Crippen LogP contribution is -2.49. The second-order valence-corrected chi connectivity index (χ2v) is 6.49. The van der Waals surface area contributed by atoms with Crippen molar-refractivity contribution in [3.05, 3.63) is 44.5 Å². The summed E-state index contributed by atoms with van der Waals surface area (Å²) in [5.41, 5.74) is 1.20. The number of rotatable bonds is 2. The van der Waals surface area contributed by atoms with Crippen molar-refractivity contribution in [2.75, 3.05) is 31.1 Å². The number of aryl methyl sites for hydroxylation is 1. The molecule has 9 heteroatoms. The molecule has 1 fully saturated rings. The van der Waals surface area contributed by atoms with E-state index in [-0.39, 0.29) is 11.5 Å². The lowest BCUT2D eigenvalue weighted by atomic mass is 10.2. The van der Waals surface area contributed by atoms with Crippen LogP contribution in [0.5, 0.6) is 0 Å². The van der Waals surface area contributed by atoms with Crippen LogP contribution in [-0.2, 0) is 0 Å². The van der Waals surface area contributed by atoms with Gasteiger partial charge in [0.05, 0.1) is 5.56 Å². The molecule has 1 aliphatic rings. The van der Waals surface area contributed by atoms with Gasteiger partial charge in [0.1, 0.15) is 0 Å². The Labute approximate surface area is 141 Å². The minimum atomic E-state index is -0.178. The minimum Gasteiger partial charge on any atom is -0.338 e. The Morgan fingerprint density at radius 3 is 2.75 bits per heavy atom. The summed E-state index contributed by atoms with van der Waals surface area (Å²) in [5, 5.41) is 6.76. The van der Waals surface area contributed by atoms with E-state index in [0.29, 0.717) is 43.6 Å². The topological polar surface area (TPSA) is 86.6 Å². The van der Waals surface area contributed by atoms with E-state index in [4.69, 9.17) is 0 Å². The van der Waals surface area contributed by atoms with Gasteiger partial charge < -0.3 is 9.80 Å². The molecule has 4 heterocycles. The highest BCUT2D eigenvalue weighted by atomic mass is 32.1. The standard InChI is InChI=1S/C15H16N6O2S/c1-10-8-12(22)21-14(16-10)17-15(18-21)20-5-3-19(4-6-20)13(23)11-2-7-24-9-11/h2,7-9H,3-6H2,1H3,(H,16,17,18). The third-order valence-corrected chi connectivity index (χ3v) is 4.76. The first-order valence-corrected chi connectivity index (χ1v) is 8.59. The molecule has 124 valence electrons. The van der Waals surface area contributed by atoms with Crippen molar-refractivity contribution >= 4 is 29.0 Å². The number of aromatic nitrogens is 4. The summed E-state index contributed by atoms with van der Waals surface area (Å²) in [6.07, 6.45) is 0. The summed E-state index contributed by atoms with van der Waals surface area (Å²) in [6.45, 7) is 4.32. The van der Waals surface area contributed by atoms with Gasteiger partial charge in [-0.1, -0.05) is 0 Å². The SMILES string of the molecule is Cc1cc(=O)n2[nH]c(N3CCN(C(=O)c4ccsc4)CC3)nc2n1. The van der Waals surface area contributed by atoms with Gasteiger partial charge in [0.15, 0.2) is 0 Å². The van der Waals surface area contributed by atoms with Crippen molar-refractivity contribution in [1.82, 2.24) is 24.5 Å². The summed E-state index contributed by atoms with van der Waals surface area (Å²) in [4.78, 5) is 36.8. The Kier molecular flexibility index (Phi) is 3.57. The maximum absolute atomic E-state index is 12.4. The maximum atomic E-state index is 12.4.